The van der Waals surface area contributed by atoms with Crippen molar-refractivity contribution in [3.05, 3.63) is 42.5 Å². The van der Waals surface area contributed by atoms with Crippen LogP contribution in [0.4, 0.5) is 0 Å². The second-order valence-electron chi connectivity index (χ2n) is 6.28. The number of benzene rings is 1. The SMILES string of the molecule is CC(C)(O)[C@@H]1CCN(C(=O)c2ccccc2-n2cnnc2)C1. The molecular formula is C16H20N4O2. The number of aliphatic hydroxyl groups is 1. The fourth-order valence-corrected chi connectivity index (χ4v) is 2.90. The minimum Gasteiger partial charge on any atom is -0.390 e. The summed E-state index contributed by atoms with van der Waals surface area (Å²) in [4.78, 5) is 14.6. The van der Waals surface area contributed by atoms with Gasteiger partial charge in [0.1, 0.15) is 12.7 Å². The first kappa shape index (κ1) is 14.7. The molecule has 1 aromatic heterocycles. The van der Waals surface area contributed by atoms with Crippen molar-refractivity contribution in [1.29, 1.82) is 0 Å². The van der Waals surface area contributed by atoms with Gasteiger partial charge in [0, 0.05) is 19.0 Å². The number of hydrogen-bond donors (Lipinski definition) is 1. The van der Waals surface area contributed by atoms with Crippen LogP contribution in [0.25, 0.3) is 5.69 Å². The highest BCUT2D eigenvalue weighted by Crippen LogP contribution is 2.28. The first-order valence-electron chi connectivity index (χ1n) is 7.42. The summed E-state index contributed by atoms with van der Waals surface area (Å²) >= 11 is 0. The topological polar surface area (TPSA) is 71.2 Å². The van der Waals surface area contributed by atoms with Gasteiger partial charge in [-0.15, -0.1) is 10.2 Å². The Labute approximate surface area is 129 Å². The Morgan fingerprint density at radius 1 is 1.27 bits per heavy atom. The van der Waals surface area contributed by atoms with E-state index in [2.05, 4.69) is 10.2 Å². The number of hydrogen-bond acceptors (Lipinski definition) is 4. The number of nitrogens with zero attached hydrogens (tertiary/aromatic N) is 4. The minimum absolute atomic E-state index is 0.0175. The van der Waals surface area contributed by atoms with Crippen molar-refractivity contribution in [2.75, 3.05) is 13.1 Å². The van der Waals surface area contributed by atoms with Gasteiger partial charge >= 0.3 is 0 Å². The smallest absolute Gasteiger partial charge is 0.255 e. The van der Waals surface area contributed by atoms with Crippen LogP contribution in [0.5, 0.6) is 0 Å². The highest BCUT2D eigenvalue weighted by atomic mass is 16.3. The van der Waals surface area contributed by atoms with Crippen LogP contribution >= 0.6 is 0 Å². The van der Waals surface area contributed by atoms with Gasteiger partial charge in [-0.3, -0.25) is 9.36 Å². The van der Waals surface area contributed by atoms with E-state index in [0.29, 0.717) is 18.7 Å². The van der Waals surface area contributed by atoms with Crippen molar-refractivity contribution in [2.45, 2.75) is 25.9 Å². The summed E-state index contributed by atoms with van der Waals surface area (Å²) < 4.78 is 1.73. The van der Waals surface area contributed by atoms with E-state index in [9.17, 15) is 9.90 Å². The van der Waals surface area contributed by atoms with Gasteiger partial charge in [-0.25, -0.2) is 0 Å². The van der Waals surface area contributed by atoms with Gasteiger partial charge in [-0.1, -0.05) is 12.1 Å². The van der Waals surface area contributed by atoms with E-state index < -0.39 is 5.60 Å². The maximum absolute atomic E-state index is 12.8. The van der Waals surface area contributed by atoms with Crippen LogP contribution in [0.1, 0.15) is 30.6 Å². The van der Waals surface area contributed by atoms with Crippen LogP contribution in [0, 0.1) is 5.92 Å². The standard InChI is InChI=1S/C16H20N4O2/c1-16(2,22)12-7-8-19(9-12)15(21)13-5-3-4-6-14(13)20-10-17-18-11-20/h3-6,10-12,22H,7-9H2,1-2H3/t12-/m1/s1. The Hall–Kier alpha value is -2.21. The van der Waals surface area contributed by atoms with Gasteiger partial charge < -0.3 is 10.0 Å². The maximum atomic E-state index is 12.8. The summed E-state index contributed by atoms with van der Waals surface area (Å²) in [6.45, 7) is 4.86. The average Bonchev–Trinajstić information content (AvgIpc) is 3.17. The first-order chi connectivity index (χ1) is 10.5. The largest absolute Gasteiger partial charge is 0.390 e. The summed E-state index contributed by atoms with van der Waals surface area (Å²) in [5.41, 5.74) is 0.630. The Balaban J connectivity index is 1.85. The lowest BCUT2D eigenvalue weighted by molar-refractivity contribution is 0.0211. The maximum Gasteiger partial charge on any atom is 0.255 e. The van der Waals surface area contributed by atoms with Crippen LogP contribution in [0.3, 0.4) is 0 Å². The second-order valence-corrected chi connectivity index (χ2v) is 6.28. The van der Waals surface area contributed by atoms with E-state index in [1.54, 1.807) is 31.1 Å². The Kier molecular flexibility index (Phi) is 3.70. The average molecular weight is 300 g/mol. The molecule has 1 N–H and O–H groups in total. The van der Waals surface area contributed by atoms with Crippen LogP contribution in [0.15, 0.2) is 36.9 Å². The van der Waals surface area contributed by atoms with Crippen LogP contribution < -0.4 is 0 Å². The monoisotopic (exact) mass is 300 g/mol. The third kappa shape index (κ3) is 2.74. The number of likely N-dealkylation sites (tertiary alicyclic amines) is 1. The zero-order valence-electron chi connectivity index (χ0n) is 12.8. The van der Waals surface area contributed by atoms with Gasteiger partial charge in [0.2, 0.25) is 0 Å². The molecule has 116 valence electrons. The quantitative estimate of drug-likeness (QED) is 0.932. The molecule has 0 aliphatic carbocycles. The van der Waals surface area contributed by atoms with Crippen molar-refractivity contribution in [1.82, 2.24) is 19.7 Å². The highest BCUT2D eigenvalue weighted by molar-refractivity contribution is 5.98. The zero-order valence-corrected chi connectivity index (χ0v) is 12.8. The number of carbonyl (C=O) groups excluding carboxylic acids is 1. The number of para-hydroxylation sites is 1. The van der Waals surface area contributed by atoms with Crippen LogP contribution in [0.2, 0.25) is 0 Å². The number of rotatable bonds is 3. The predicted molar refractivity (Wildman–Crippen MR) is 81.7 cm³/mol. The molecule has 22 heavy (non-hydrogen) atoms. The fourth-order valence-electron chi connectivity index (χ4n) is 2.90. The number of carbonyl (C=O) groups is 1. The van der Waals surface area contributed by atoms with Crippen molar-refractivity contribution >= 4 is 5.91 Å². The normalized spacial score (nSPS) is 18.7. The summed E-state index contributed by atoms with van der Waals surface area (Å²) in [5.74, 6) is 0.0922. The van der Waals surface area contributed by atoms with Crippen LogP contribution in [-0.2, 0) is 0 Å². The molecule has 3 rings (SSSR count). The summed E-state index contributed by atoms with van der Waals surface area (Å²) in [5, 5.41) is 17.7. The second kappa shape index (κ2) is 5.53. The first-order valence-corrected chi connectivity index (χ1v) is 7.42. The fraction of sp³-hybridized carbons (Fsp3) is 0.438. The third-order valence-electron chi connectivity index (χ3n) is 4.31. The van der Waals surface area contributed by atoms with Crippen LogP contribution in [-0.4, -0.2) is 49.4 Å². The molecule has 1 fully saturated rings. The van der Waals surface area contributed by atoms with Crippen molar-refractivity contribution in [3.63, 3.8) is 0 Å². The van der Waals surface area contributed by atoms with Gasteiger partial charge in [0.25, 0.3) is 5.91 Å². The van der Waals surface area contributed by atoms with E-state index in [0.717, 1.165) is 12.1 Å². The predicted octanol–water partition coefficient (Wildman–Crippen LogP) is 1.50. The molecule has 0 bridgehead atoms. The lowest BCUT2D eigenvalue weighted by atomic mass is 9.90. The van der Waals surface area contributed by atoms with Gasteiger partial charge in [-0.2, -0.15) is 0 Å². The summed E-state index contributed by atoms with van der Waals surface area (Å²) in [7, 11) is 0. The molecule has 6 nitrogen and oxygen atoms in total. The van der Waals surface area contributed by atoms with Crippen molar-refractivity contribution in [2.24, 2.45) is 5.92 Å². The van der Waals surface area contributed by atoms with E-state index in [1.165, 1.54) is 0 Å². The molecular weight excluding hydrogens is 280 g/mol. The molecule has 1 amide bonds. The Morgan fingerprint density at radius 2 is 1.95 bits per heavy atom. The van der Waals surface area contributed by atoms with E-state index in [1.807, 2.05) is 29.2 Å². The Bertz CT molecular complexity index is 661. The lowest BCUT2D eigenvalue weighted by Gasteiger charge is -2.25. The number of amides is 1. The molecule has 1 atom stereocenters. The van der Waals surface area contributed by atoms with E-state index >= 15 is 0 Å². The third-order valence-corrected chi connectivity index (χ3v) is 4.31. The van der Waals surface area contributed by atoms with E-state index in [4.69, 9.17) is 0 Å². The molecule has 2 aromatic rings. The molecule has 1 saturated heterocycles. The molecule has 0 spiro atoms. The molecule has 0 saturated carbocycles. The van der Waals surface area contributed by atoms with Gasteiger partial charge in [-0.05, 0) is 32.4 Å². The summed E-state index contributed by atoms with van der Waals surface area (Å²) in [6.07, 6.45) is 3.98. The molecule has 1 aliphatic rings. The molecule has 1 aromatic carbocycles. The molecule has 1 aliphatic heterocycles. The highest BCUT2D eigenvalue weighted by Gasteiger charge is 2.36. The number of aromatic nitrogens is 3. The van der Waals surface area contributed by atoms with Gasteiger partial charge in [0.15, 0.2) is 0 Å². The van der Waals surface area contributed by atoms with E-state index in [-0.39, 0.29) is 11.8 Å². The lowest BCUT2D eigenvalue weighted by Crippen LogP contribution is -2.35. The summed E-state index contributed by atoms with van der Waals surface area (Å²) in [6, 6.07) is 7.43. The molecule has 0 unspecified atom stereocenters. The van der Waals surface area contributed by atoms with Gasteiger partial charge in [0.05, 0.1) is 16.9 Å². The molecule has 6 heteroatoms. The molecule has 2 heterocycles. The molecule has 0 radical (unpaired) electrons. The Morgan fingerprint density at radius 3 is 2.59 bits per heavy atom. The van der Waals surface area contributed by atoms with Crippen molar-refractivity contribution in [3.8, 4) is 5.69 Å². The minimum atomic E-state index is -0.761. The zero-order chi connectivity index (χ0) is 15.7. The van der Waals surface area contributed by atoms with Crippen molar-refractivity contribution < 1.29 is 9.90 Å².